The third-order valence-electron chi connectivity index (χ3n) is 20.7. The third-order valence-corrected chi connectivity index (χ3v) is 20.7. The predicted molar refractivity (Wildman–Crippen MR) is 397 cm³/mol. The van der Waals surface area contributed by atoms with E-state index in [1.165, 1.54) is 250 Å². The minimum Gasteiger partial charge on any atom is -0.394 e. The Morgan fingerprint density at radius 2 is 0.660 bits per heavy atom. The zero-order valence-corrected chi connectivity index (χ0v) is 62.9. The van der Waals surface area contributed by atoms with Gasteiger partial charge >= 0.3 is 0 Å². The van der Waals surface area contributed by atoms with Crippen molar-refractivity contribution in [3.63, 3.8) is 0 Å². The topological polar surface area (TPSA) is 307 Å². The van der Waals surface area contributed by atoms with Crippen molar-refractivity contribution in [1.29, 1.82) is 0 Å². The maximum Gasteiger partial charge on any atom is 0.220 e. The number of carbonyl (C=O) groups excluding carboxylic acids is 1. The van der Waals surface area contributed by atoms with Crippen LogP contribution >= 0.6 is 0 Å². The van der Waals surface area contributed by atoms with Crippen LogP contribution in [-0.2, 0) is 33.2 Å². The average Bonchev–Trinajstić information content (AvgIpc) is 0.783. The molecule has 3 heterocycles. The van der Waals surface area contributed by atoms with Gasteiger partial charge in [-0.05, 0) is 51.4 Å². The molecule has 0 aromatic rings. The molecule has 3 fully saturated rings. The van der Waals surface area contributed by atoms with Crippen LogP contribution in [0.1, 0.15) is 341 Å². The van der Waals surface area contributed by atoms with Crippen molar-refractivity contribution in [2.75, 3.05) is 26.4 Å². The predicted octanol–water partition coefficient (Wildman–Crippen LogP) is 13.9. The van der Waals surface area contributed by atoms with E-state index >= 15 is 0 Å². The lowest BCUT2D eigenvalue weighted by Crippen LogP contribution is -2.66. The summed E-state index contributed by atoms with van der Waals surface area (Å²) in [6, 6.07) is -0.887. The molecule has 3 aliphatic rings. The van der Waals surface area contributed by atoms with Crippen LogP contribution in [0.25, 0.3) is 0 Å². The summed E-state index contributed by atoms with van der Waals surface area (Å²) < 4.78 is 34.5. The summed E-state index contributed by atoms with van der Waals surface area (Å²) in [6.45, 7) is 1.84. The molecule has 100 heavy (non-hydrogen) atoms. The standard InChI is InChI=1S/C81H151NO18/c1-3-5-7-9-11-13-15-17-19-21-23-25-26-27-28-29-30-31-32-33-34-35-36-37-38-39-41-43-45-47-49-51-53-55-57-59-69(87)82-64(65(86)58-56-54-52-50-48-46-44-42-40-24-22-20-18-16-14-12-10-8-6-4-2)63-95-79-75(93)72(90)77(67(61-84)97-79)100-81-76(94)73(91)78(68(62-85)98-81)99-80-74(92)71(89)70(88)66(60-83)96-80/h15,17,21,23,26-27,64-68,70-81,83-86,88-94H,3-14,16,18-20,22,24-25,28-63H2,1-2H3,(H,82,87)/b17-15-,23-21-,27-26-. The monoisotopic (exact) mass is 1430 g/mol. The molecule has 17 unspecified atom stereocenters. The molecule has 0 saturated carbocycles. The lowest BCUT2D eigenvalue weighted by Gasteiger charge is -2.48. The van der Waals surface area contributed by atoms with Crippen molar-refractivity contribution in [2.24, 2.45) is 0 Å². The largest absolute Gasteiger partial charge is 0.394 e. The van der Waals surface area contributed by atoms with E-state index in [1.54, 1.807) is 0 Å². The molecule has 19 nitrogen and oxygen atoms in total. The molecule has 0 aliphatic carbocycles. The molecule has 588 valence electrons. The molecule has 0 aromatic heterocycles. The normalized spacial score (nSPS) is 26.6. The van der Waals surface area contributed by atoms with Gasteiger partial charge in [-0.1, -0.05) is 320 Å². The van der Waals surface area contributed by atoms with Crippen molar-refractivity contribution >= 4 is 5.91 Å². The van der Waals surface area contributed by atoms with E-state index in [2.05, 4.69) is 55.6 Å². The third kappa shape index (κ3) is 41.8. The van der Waals surface area contributed by atoms with Gasteiger partial charge in [-0.25, -0.2) is 0 Å². The zero-order valence-electron chi connectivity index (χ0n) is 62.9. The minimum atomic E-state index is -1.97. The van der Waals surface area contributed by atoms with Crippen molar-refractivity contribution in [2.45, 2.75) is 446 Å². The van der Waals surface area contributed by atoms with Gasteiger partial charge in [-0.3, -0.25) is 4.79 Å². The molecule has 3 aliphatic heterocycles. The van der Waals surface area contributed by atoms with Crippen LogP contribution in [0.15, 0.2) is 36.5 Å². The van der Waals surface area contributed by atoms with Crippen molar-refractivity contribution < 1.29 is 89.4 Å². The Hall–Kier alpha value is -1.99. The van der Waals surface area contributed by atoms with Gasteiger partial charge in [-0.2, -0.15) is 0 Å². The second-order valence-electron chi connectivity index (χ2n) is 29.6. The molecule has 0 radical (unpaired) electrons. The first kappa shape index (κ1) is 92.2. The van der Waals surface area contributed by atoms with E-state index in [9.17, 15) is 61.0 Å². The van der Waals surface area contributed by atoms with Gasteiger partial charge < -0.3 is 89.9 Å². The first-order valence-electron chi connectivity index (χ1n) is 41.2. The Morgan fingerprint density at radius 3 is 1.03 bits per heavy atom. The Morgan fingerprint density at radius 1 is 0.360 bits per heavy atom. The van der Waals surface area contributed by atoms with Gasteiger partial charge in [0.15, 0.2) is 18.9 Å². The summed E-state index contributed by atoms with van der Waals surface area (Å²) in [6.07, 6.45) is 49.5. The van der Waals surface area contributed by atoms with Gasteiger partial charge in [0.05, 0.1) is 38.6 Å². The van der Waals surface area contributed by atoms with E-state index in [0.29, 0.717) is 12.8 Å². The fourth-order valence-corrected chi connectivity index (χ4v) is 14.1. The molecule has 3 rings (SSSR count). The number of rotatable bonds is 66. The maximum absolute atomic E-state index is 13.5. The second-order valence-corrected chi connectivity index (χ2v) is 29.6. The SMILES string of the molecule is CCCCCCC/C=C\C/C=C\C/C=C\CCCCCCCCCCCCCCCCCCCCCCC(=O)NC(COC1OC(CO)C(OC2OC(CO)C(OC3OC(CO)C(O)C(O)C3O)C(O)C2O)C(O)C1O)C(O)CCCCCCCCCCCCCCCCCCCCCC. The fourth-order valence-electron chi connectivity index (χ4n) is 14.1. The van der Waals surface area contributed by atoms with E-state index in [0.717, 1.165) is 57.8 Å². The Kier molecular flexibility index (Phi) is 57.3. The van der Waals surface area contributed by atoms with Gasteiger partial charge in [0.25, 0.3) is 0 Å². The van der Waals surface area contributed by atoms with Gasteiger partial charge in [0.1, 0.15) is 73.2 Å². The first-order valence-corrected chi connectivity index (χ1v) is 41.2. The van der Waals surface area contributed by atoms with Crippen molar-refractivity contribution in [3.8, 4) is 0 Å². The Labute approximate surface area is 606 Å². The Bertz CT molecular complexity index is 1950. The minimum absolute atomic E-state index is 0.236. The van der Waals surface area contributed by atoms with E-state index in [4.69, 9.17) is 28.4 Å². The average molecular weight is 1430 g/mol. The quantitative estimate of drug-likeness (QED) is 0.0199. The number of amides is 1. The van der Waals surface area contributed by atoms with Crippen LogP contribution in [0.3, 0.4) is 0 Å². The molecule has 0 aromatic carbocycles. The van der Waals surface area contributed by atoms with E-state index < -0.39 is 124 Å². The van der Waals surface area contributed by atoms with Crippen LogP contribution in [0.2, 0.25) is 0 Å². The second kappa shape index (κ2) is 62.1. The van der Waals surface area contributed by atoms with Gasteiger partial charge in [0.2, 0.25) is 5.91 Å². The fraction of sp³-hybridized carbons (Fsp3) is 0.914. The summed E-state index contributed by atoms with van der Waals surface area (Å²) >= 11 is 0. The highest BCUT2D eigenvalue weighted by atomic mass is 16.8. The smallest absolute Gasteiger partial charge is 0.220 e. The van der Waals surface area contributed by atoms with Crippen LogP contribution < -0.4 is 5.32 Å². The molecule has 19 heteroatoms. The number of aliphatic hydroxyl groups excluding tert-OH is 11. The van der Waals surface area contributed by atoms with Crippen molar-refractivity contribution in [3.05, 3.63) is 36.5 Å². The molecular weight excluding hydrogens is 1270 g/mol. The summed E-state index contributed by atoms with van der Waals surface area (Å²) in [5.41, 5.74) is 0. The number of nitrogens with one attached hydrogen (secondary N) is 1. The molecule has 0 spiro atoms. The van der Waals surface area contributed by atoms with Crippen molar-refractivity contribution in [1.82, 2.24) is 5.32 Å². The summed E-state index contributed by atoms with van der Waals surface area (Å²) in [5, 5.41) is 121. The summed E-state index contributed by atoms with van der Waals surface area (Å²) in [7, 11) is 0. The van der Waals surface area contributed by atoms with Gasteiger partial charge in [0, 0.05) is 6.42 Å². The van der Waals surface area contributed by atoms with E-state index in [1.807, 2.05) is 0 Å². The molecule has 17 atom stereocenters. The molecule has 1 amide bonds. The summed E-state index contributed by atoms with van der Waals surface area (Å²) in [4.78, 5) is 13.5. The zero-order chi connectivity index (χ0) is 72.5. The number of allylic oxidation sites excluding steroid dienone is 6. The molecular formula is C81H151NO18. The number of aliphatic hydroxyl groups is 11. The number of hydrogen-bond donors (Lipinski definition) is 12. The highest BCUT2D eigenvalue weighted by Crippen LogP contribution is 2.33. The summed E-state index contributed by atoms with van der Waals surface area (Å²) in [5.74, 6) is -0.236. The highest BCUT2D eigenvalue weighted by molar-refractivity contribution is 5.76. The molecule has 3 saturated heterocycles. The number of carbonyl (C=O) groups is 1. The van der Waals surface area contributed by atoms with Crippen LogP contribution in [-0.4, -0.2) is 193 Å². The first-order chi connectivity index (χ1) is 48.8. The highest BCUT2D eigenvalue weighted by Gasteiger charge is 2.54. The number of hydrogen-bond acceptors (Lipinski definition) is 18. The van der Waals surface area contributed by atoms with Crippen LogP contribution in [0.4, 0.5) is 0 Å². The maximum atomic E-state index is 13.5. The van der Waals surface area contributed by atoms with Crippen LogP contribution in [0.5, 0.6) is 0 Å². The number of unbranched alkanes of at least 4 members (excludes halogenated alkanes) is 44. The lowest BCUT2D eigenvalue weighted by atomic mass is 9.96. The molecule has 0 bridgehead atoms. The lowest BCUT2D eigenvalue weighted by molar-refractivity contribution is -0.379. The molecule has 12 N–H and O–H groups in total. The van der Waals surface area contributed by atoms with Gasteiger partial charge in [-0.15, -0.1) is 0 Å². The van der Waals surface area contributed by atoms with E-state index in [-0.39, 0.29) is 18.9 Å². The Balaban J connectivity index is 1.33. The van der Waals surface area contributed by atoms with Crippen LogP contribution in [0, 0.1) is 0 Å². The number of ether oxygens (including phenoxy) is 6.